The number of hydrogen-bond donors (Lipinski definition) is 1. The summed E-state index contributed by atoms with van der Waals surface area (Å²) in [6, 6.07) is 0. The van der Waals surface area contributed by atoms with Crippen LogP contribution in [0.5, 0.6) is 0 Å². The van der Waals surface area contributed by atoms with Gasteiger partial charge in [-0.3, -0.25) is 0 Å². The molecule has 1 N–H and O–H groups in total. The molecule has 0 saturated carbocycles. The molecule has 2 heteroatoms. The molecule has 0 saturated heterocycles. The fourth-order valence-electron chi connectivity index (χ4n) is 0.853. The Labute approximate surface area is 54.2 Å². The van der Waals surface area contributed by atoms with Gasteiger partial charge in [0, 0.05) is 0 Å². The van der Waals surface area contributed by atoms with Gasteiger partial charge in [-0.15, -0.1) is 0 Å². The van der Waals surface area contributed by atoms with Gasteiger partial charge in [-0.05, 0) is 18.9 Å². The zero-order valence-corrected chi connectivity index (χ0v) is 5.33. The summed E-state index contributed by atoms with van der Waals surface area (Å²) < 4.78 is 0. The van der Waals surface area contributed by atoms with Crippen molar-refractivity contribution in [3.63, 3.8) is 0 Å². The molecule has 0 spiro atoms. The highest BCUT2D eigenvalue weighted by molar-refractivity contribution is 5.80. The van der Waals surface area contributed by atoms with Crippen LogP contribution in [0.1, 0.15) is 13.3 Å². The predicted octanol–water partition coefficient (Wildman–Crippen LogP) is 1.72. The van der Waals surface area contributed by atoms with Gasteiger partial charge in [0.1, 0.15) is 0 Å². The molecule has 0 aromatic carbocycles. The Bertz CT molecular complexity index is 189. The van der Waals surface area contributed by atoms with Crippen LogP contribution in [-0.4, -0.2) is 11.4 Å². The first-order valence-corrected chi connectivity index (χ1v) is 2.87. The summed E-state index contributed by atoms with van der Waals surface area (Å²) in [6.07, 6.45) is 6.46. The summed E-state index contributed by atoms with van der Waals surface area (Å²) in [4.78, 5) is 0. The van der Waals surface area contributed by atoms with E-state index >= 15 is 0 Å². The van der Waals surface area contributed by atoms with Crippen LogP contribution >= 0.6 is 0 Å². The van der Waals surface area contributed by atoms with E-state index in [4.69, 9.17) is 5.21 Å². The second-order valence-corrected chi connectivity index (χ2v) is 2.12. The molecular formula is C7H9NO. The van der Waals surface area contributed by atoms with Crippen LogP contribution in [-0.2, 0) is 0 Å². The molecule has 1 aliphatic carbocycles. The van der Waals surface area contributed by atoms with Crippen molar-refractivity contribution in [2.75, 3.05) is 0 Å². The molecule has 0 amide bonds. The van der Waals surface area contributed by atoms with Gasteiger partial charge in [-0.25, -0.2) is 0 Å². The molecule has 0 aromatic heterocycles. The zero-order valence-electron chi connectivity index (χ0n) is 5.33. The molecule has 0 bridgehead atoms. The molecule has 0 aliphatic heterocycles. The summed E-state index contributed by atoms with van der Waals surface area (Å²) in [5, 5.41) is 11.0. The van der Waals surface area contributed by atoms with Crippen molar-refractivity contribution < 1.29 is 5.21 Å². The number of allylic oxidation sites excluding steroid dienone is 4. The lowest BCUT2D eigenvalue weighted by Gasteiger charge is -1.83. The van der Waals surface area contributed by atoms with E-state index in [1.165, 1.54) is 11.8 Å². The van der Waals surface area contributed by atoms with Gasteiger partial charge in [0.15, 0.2) is 0 Å². The molecule has 2 nitrogen and oxygen atoms in total. The molecule has 9 heavy (non-hydrogen) atoms. The van der Waals surface area contributed by atoms with Gasteiger partial charge in [-0.2, -0.15) is 0 Å². The van der Waals surface area contributed by atoms with Crippen molar-refractivity contribution >= 4 is 6.21 Å². The Hall–Kier alpha value is -1.05. The lowest BCUT2D eigenvalue weighted by Crippen LogP contribution is -1.76. The highest BCUT2D eigenvalue weighted by Crippen LogP contribution is 2.14. The Balaban J connectivity index is 2.60. The lowest BCUT2D eigenvalue weighted by atomic mass is 10.3. The third-order valence-corrected chi connectivity index (χ3v) is 1.30. The minimum absolute atomic E-state index is 0.899. The van der Waals surface area contributed by atoms with E-state index in [9.17, 15) is 0 Å². The van der Waals surface area contributed by atoms with E-state index in [1.807, 2.05) is 13.0 Å². The molecule has 0 unspecified atom stereocenters. The summed E-state index contributed by atoms with van der Waals surface area (Å²) in [7, 11) is 0. The van der Waals surface area contributed by atoms with E-state index in [1.54, 1.807) is 0 Å². The fourth-order valence-corrected chi connectivity index (χ4v) is 0.853. The van der Waals surface area contributed by atoms with Crippen molar-refractivity contribution in [1.29, 1.82) is 0 Å². The topological polar surface area (TPSA) is 32.6 Å². The maximum absolute atomic E-state index is 8.12. The highest BCUT2D eigenvalue weighted by atomic mass is 16.4. The van der Waals surface area contributed by atoms with Gasteiger partial charge in [0.25, 0.3) is 0 Å². The maximum Gasteiger partial charge on any atom is 0.0696 e. The first-order valence-electron chi connectivity index (χ1n) is 2.87. The Morgan fingerprint density at radius 3 is 3.00 bits per heavy atom. The summed E-state index contributed by atoms with van der Waals surface area (Å²) in [5.74, 6) is 0. The average Bonchev–Trinajstić information content (AvgIpc) is 2.17. The molecular weight excluding hydrogens is 114 g/mol. The van der Waals surface area contributed by atoms with Crippen LogP contribution < -0.4 is 0 Å². The third-order valence-electron chi connectivity index (χ3n) is 1.30. The lowest BCUT2D eigenvalue weighted by molar-refractivity contribution is 0.321. The number of oxime groups is 1. The van der Waals surface area contributed by atoms with E-state index < -0.39 is 0 Å². The Morgan fingerprint density at radius 2 is 2.56 bits per heavy atom. The number of nitrogens with zero attached hydrogens (tertiary/aromatic N) is 1. The Kier molecular flexibility index (Phi) is 1.68. The van der Waals surface area contributed by atoms with Gasteiger partial charge < -0.3 is 5.21 Å². The smallest absolute Gasteiger partial charge is 0.0696 e. The minimum atomic E-state index is 0.899. The molecule has 0 fully saturated rings. The second-order valence-electron chi connectivity index (χ2n) is 2.12. The first kappa shape index (κ1) is 6.08. The largest absolute Gasteiger partial charge is 0.411 e. The normalized spacial score (nSPS) is 18.3. The van der Waals surface area contributed by atoms with Crippen LogP contribution in [0, 0.1) is 0 Å². The maximum atomic E-state index is 8.12. The quantitative estimate of drug-likeness (QED) is 0.321. The van der Waals surface area contributed by atoms with Crippen LogP contribution in [0.2, 0.25) is 0 Å². The van der Waals surface area contributed by atoms with Crippen LogP contribution in [0.4, 0.5) is 0 Å². The van der Waals surface area contributed by atoms with Crippen molar-refractivity contribution in [2.24, 2.45) is 5.16 Å². The third kappa shape index (κ3) is 1.42. The van der Waals surface area contributed by atoms with E-state index in [-0.39, 0.29) is 0 Å². The van der Waals surface area contributed by atoms with Gasteiger partial charge in [0.05, 0.1) is 6.21 Å². The van der Waals surface area contributed by atoms with Crippen molar-refractivity contribution in [2.45, 2.75) is 13.3 Å². The first-order chi connectivity index (χ1) is 4.33. The molecule has 0 heterocycles. The average molecular weight is 123 g/mol. The van der Waals surface area contributed by atoms with Crippen LogP contribution in [0.15, 0.2) is 28.5 Å². The van der Waals surface area contributed by atoms with E-state index in [2.05, 4.69) is 11.2 Å². The predicted molar refractivity (Wildman–Crippen MR) is 36.7 cm³/mol. The van der Waals surface area contributed by atoms with E-state index in [0.717, 1.165) is 12.0 Å². The molecule has 48 valence electrons. The van der Waals surface area contributed by atoms with Crippen LogP contribution in [0.25, 0.3) is 0 Å². The van der Waals surface area contributed by atoms with Gasteiger partial charge in [0.2, 0.25) is 0 Å². The summed E-state index contributed by atoms with van der Waals surface area (Å²) in [6.45, 7) is 2.03. The molecule has 1 aliphatic rings. The Morgan fingerprint density at radius 1 is 1.78 bits per heavy atom. The van der Waals surface area contributed by atoms with Gasteiger partial charge >= 0.3 is 0 Å². The SMILES string of the molecule is CC1=CCC(/C=N/O)=C1. The molecule has 0 radical (unpaired) electrons. The molecule has 1 rings (SSSR count). The standard InChI is InChI=1S/C7H9NO/c1-6-2-3-7(4-6)5-8-9/h2,4-5,9H,3H2,1H3/b8-5+. The summed E-state index contributed by atoms with van der Waals surface area (Å²) in [5.41, 5.74) is 2.31. The molecule has 0 atom stereocenters. The van der Waals surface area contributed by atoms with Crippen LogP contribution in [0.3, 0.4) is 0 Å². The summed E-state index contributed by atoms with van der Waals surface area (Å²) >= 11 is 0. The monoisotopic (exact) mass is 123 g/mol. The minimum Gasteiger partial charge on any atom is -0.411 e. The second kappa shape index (κ2) is 2.49. The van der Waals surface area contributed by atoms with Gasteiger partial charge in [-0.1, -0.05) is 22.9 Å². The fraction of sp³-hybridized carbons (Fsp3) is 0.286. The highest BCUT2D eigenvalue weighted by Gasteiger charge is 1.98. The van der Waals surface area contributed by atoms with Crippen molar-refractivity contribution in [3.8, 4) is 0 Å². The zero-order chi connectivity index (χ0) is 6.69. The molecule has 0 aromatic rings. The van der Waals surface area contributed by atoms with Crippen molar-refractivity contribution in [3.05, 3.63) is 23.3 Å². The van der Waals surface area contributed by atoms with Crippen molar-refractivity contribution in [1.82, 2.24) is 0 Å². The number of rotatable bonds is 1. The number of hydrogen-bond acceptors (Lipinski definition) is 2. The van der Waals surface area contributed by atoms with E-state index in [0.29, 0.717) is 0 Å².